The van der Waals surface area contributed by atoms with Crippen LogP contribution in [0.2, 0.25) is 10.0 Å². The fraction of sp³-hybridized carbons (Fsp3) is 0.467. The highest BCUT2D eigenvalue weighted by atomic mass is 35.5. The highest BCUT2D eigenvalue weighted by Gasteiger charge is 2.21. The fourth-order valence-corrected chi connectivity index (χ4v) is 2.25. The lowest BCUT2D eigenvalue weighted by Gasteiger charge is -2.27. The molecule has 1 aromatic rings. The lowest BCUT2D eigenvalue weighted by Crippen LogP contribution is -2.33. The number of nitrogens with one attached hydrogen (secondary N) is 1. The zero-order valence-electron chi connectivity index (χ0n) is 11.5. The Balaban J connectivity index is 2.68. The summed E-state index contributed by atoms with van der Waals surface area (Å²) in [6, 6.07) is 5.55. The molecular weight excluding hydrogens is 281 g/mol. The normalized spacial score (nSPS) is 14.1. The van der Waals surface area contributed by atoms with E-state index < -0.39 is 0 Å². The van der Waals surface area contributed by atoms with Gasteiger partial charge in [0.1, 0.15) is 0 Å². The standard InChI is InChI=1S/C15H21Cl2NO/c1-4-15(2,11-18-7-8-19-3)10-12-9-13(16)5-6-14(12)17/h4-6,9,18H,1,7-8,10-11H2,2-3H3. The van der Waals surface area contributed by atoms with Crippen molar-refractivity contribution in [3.05, 3.63) is 46.5 Å². The lowest BCUT2D eigenvalue weighted by atomic mass is 9.83. The van der Waals surface area contributed by atoms with Gasteiger partial charge in [0, 0.05) is 35.7 Å². The van der Waals surface area contributed by atoms with Crippen LogP contribution in [0, 0.1) is 5.41 Å². The molecule has 0 aliphatic rings. The van der Waals surface area contributed by atoms with Crippen molar-refractivity contribution in [1.82, 2.24) is 5.32 Å². The van der Waals surface area contributed by atoms with Gasteiger partial charge in [-0.05, 0) is 30.2 Å². The summed E-state index contributed by atoms with van der Waals surface area (Å²) in [4.78, 5) is 0. The Labute approximate surface area is 125 Å². The Morgan fingerprint density at radius 1 is 1.42 bits per heavy atom. The molecule has 0 bridgehead atoms. The maximum atomic E-state index is 6.21. The highest BCUT2D eigenvalue weighted by molar-refractivity contribution is 6.33. The van der Waals surface area contributed by atoms with E-state index in [0.717, 1.165) is 30.1 Å². The molecule has 1 aromatic carbocycles. The maximum absolute atomic E-state index is 6.21. The fourth-order valence-electron chi connectivity index (χ4n) is 1.87. The second-order valence-corrected chi connectivity index (χ2v) is 5.78. The Kier molecular flexibility index (Phi) is 6.87. The number of halogens is 2. The van der Waals surface area contributed by atoms with Gasteiger partial charge in [0.05, 0.1) is 6.61 Å². The summed E-state index contributed by atoms with van der Waals surface area (Å²) in [7, 11) is 1.69. The Hall–Kier alpha value is -0.540. The van der Waals surface area contributed by atoms with Crippen molar-refractivity contribution >= 4 is 23.2 Å². The van der Waals surface area contributed by atoms with E-state index in [4.69, 9.17) is 27.9 Å². The van der Waals surface area contributed by atoms with Crippen LogP contribution in [0.25, 0.3) is 0 Å². The minimum atomic E-state index is -0.0674. The van der Waals surface area contributed by atoms with Gasteiger partial charge < -0.3 is 10.1 Å². The predicted octanol–water partition coefficient (Wildman–Crippen LogP) is 3.96. The molecule has 0 radical (unpaired) electrons. The molecule has 0 amide bonds. The summed E-state index contributed by atoms with van der Waals surface area (Å²) in [6.45, 7) is 8.43. The molecule has 106 valence electrons. The van der Waals surface area contributed by atoms with Crippen molar-refractivity contribution in [3.63, 3.8) is 0 Å². The maximum Gasteiger partial charge on any atom is 0.0587 e. The first-order chi connectivity index (χ1) is 9.00. The molecule has 0 saturated carbocycles. The first kappa shape index (κ1) is 16.5. The summed E-state index contributed by atoms with van der Waals surface area (Å²) < 4.78 is 5.02. The zero-order chi connectivity index (χ0) is 14.3. The van der Waals surface area contributed by atoms with Crippen LogP contribution < -0.4 is 5.32 Å². The third kappa shape index (κ3) is 5.53. The van der Waals surface area contributed by atoms with Gasteiger partial charge >= 0.3 is 0 Å². The number of hydrogen-bond acceptors (Lipinski definition) is 2. The molecule has 2 nitrogen and oxygen atoms in total. The highest BCUT2D eigenvalue weighted by Crippen LogP contribution is 2.29. The van der Waals surface area contributed by atoms with E-state index in [1.165, 1.54) is 0 Å². The van der Waals surface area contributed by atoms with Crippen LogP contribution in [0.3, 0.4) is 0 Å². The minimum absolute atomic E-state index is 0.0674. The SMILES string of the molecule is C=CC(C)(CNCCOC)Cc1cc(Cl)ccc1Cl. The molecule has 0 heterocycles. The molecule has 1 atom stereocenters. The van der Waals surface area contributed by atoms with Crippen LogP contribution in [-0.4, -0.2) is 26.8 Å². The van der Waals surface area contributed by atoms with Gasteiger partial charge in [-0.25, -0.2) is 0 Å². The van der Waals surface area contributed by atoms with E-state index >= 15 is 0 Å². The third-order valence-electron chi connectivity index (χ3n) is 3.11. The second kappa shape index (κ2) is 7.91. The van der Waals surface area contributed by atoms with E-state index in [0.29, 0.717) is 11.6 Å². The van der Waals surface area contributed by atoms with Crippen LogP contribution in [0.5, 0.6) is 0 Å². The summed E-state index contributed by atoms with van der Waals surface area (Å²) in [5.41, 5.74) is 0.979. The lowest BCUT2D eigenvalue weighted by molar-refractivity contribution is 0.196. The van der Waals surface area contributed by atoms with Crippen molar-refractivity contribution in [2.75, 3.05) is 26.8 Å². The summed E-state index contributed by atoms with van der Waals surface area (Å²) in [6.07, 6.45) is 2.76. The average molecular weight is 302 g/mol. The van der Waals surface area contributed by atoms with Crippen LogP contribution in [0.15, 0.2) is 30.9 Å². The average Bonchev–Trinajstić information content (AvgIpc) is 2.39. The topological polar surface area (TPSA) is 21.3 Å². The van der Waals surface area contributed by atoms with Crippen molar-refractivity contribution < 1.29 is 4.74 Å². The quantitative estimate of drug-likeness (QED) is 0.579. The van der Waals surface area contributed by atoms with Crippen molar-refractivity contribution in [2.24, 2.45) is 5.41 Å². The second-order valence-electron chi connectivity index (χ2n) is 4.94. The van der Waals surface area contributed by atoms with E-state index in [1.54, 1.807) is 13.2 Å². The van der Waals surface area contributed by atoms with Crippen molar-refractivity contribution in [1.29, 1.82) is 0 Å². The molecule has 0 aliphatic carbocycles. The van der Waals surface area contributed by atoms with Gasteiger partial charge in [-0.15, -0.1) is 6.58 Å². The zero-order valence-corrected chi connectivity index (χ0v) is 13.0. The first-order valence-corrected chi connectivity index (χ1v) is 7.03. The Morgan fingerprint density at radius 3 is 2.79 bits per heavy atom. The molecule has 0 saturated heterocycles. The van der Waals surface area contributed by atoms with E-state index in [2.05, 4.69) is 18.8 Å². The summed E-state index contributed by atoms with van der Waals surface area (Å²) in [5.74, 6) is 0. The molecule has 1 rings (SSSR count). The molecule has 0 spiro atoms. The van der Waals surface area contributed by atoms with E-state index in [-0.39, 0.29) is 5.41 Å². The summed E-state index contributed by atoms with van der Waals surface area (Å²) in [5, 5.41) is 4.81. The first-order valence-electron chi connectivity index (χ1n) is 6.28. The van der Waals surface area contributed by atoms with Crippen molar-refractivity contribution in [3.8, 4) is 0 Å². The van der Waals surface area contributed by atoms with Crippen LogP contribution in [0.1, 0.15) is 12.5 Å². The number of hydrogen-bond donors (Lipinski definition) is 1. The smallest absolute Gasteiger partial charge is 0.0587 e. The van der Waals surface area contributed by atoms with Crippen molar-refractivity contribution in [2.45, 2.75) is 13.3 Å². The monoisotopic (exact) mass is 301 g/mol. The minimum Gasteiger partial charge on any atom is -0.383 e. The number of ether oxygens (including phenoxy) is 1. The van der Waals surface area contributed by atoms with Crippen LogP contribution in [-0.2, 0) is 11.2 Å². The number of rotatable bonds is 8. The number of methoxy groups -OCH3 is 1. The molecule has 4 heteroatoms. The van der Waals surface area contributed by atoms with Gasteiger partial charge in [-0.1, -0.05) is 36.2 Å². The molecule has 0 aromatic heterocycles. The summed E-state index contributed by atoms with van der Waals surface area (Å²) >= 11 is 12.2. The van der Waals surface area contributed by atoms with Crippen LogP contribution in [0.4, 0.5) is 0 Å². The Morgan fingerprint density at radius 2 is 2.16 bits per heavy atom. The van der Waals surface area contributed by atoms with Gasteiger partial charge in [0.2, 0.25) is 0 Å². The molecule has 19 heavy (non-hydrogen) atoms. The molecule has 0 fully saturated rings. The molecule has 0 aliphatic heterocycles. The molecule has 1 unspecified atom stereocenters. The van der Waals surface area contributed by atoms with E-state index in [1.807, 2.05) is 18.2 Å². The van der Waals surface area contributed by atoms with Gasteiger partial charge in [0.15, 0.2) is 0 Å². The predicted molar refractivity (Wildman–Crippen MR) is 83.2 cm³/mol. The molecular formula is C15H21Cl2NO. The van der Waals surface area contributed by atoms with Gasteiger partial charge in [-0.2, -0.15) is 0 Å². The largest absolute Gasteiger partial charge is 0.383 e. The van der Waals surface area contributed by atoms with Crippen LogP contribution >= 0.6 is 23.2 Å². The van der Waals surface area contributed by atoms with Gasteiger partial charge in [0.25, 0.3) is 0 Å². The Bertz CT molecular complexity index is 423. The molecule has 1 N–H and O–H groups in total. The van der Waals surface area contributed by atoms with Gasteiger partial charge in [-0.3, -0.25) is 0 Å². The third-order valence-corrected chi connectivity index (χ3v) is 3.71. The van der Waals surface area contributed by atoms with E-state index in [9.17, 15) is 0 Å². The number of benzene rings is 1.